The summed E-state index contributed by atoms with van der Waals surface area (Å²) in [6.07, 6.45) is -12.6. The van der Waals surface area contributed by atoms with E-state index in [9.17, 15) is 49.5 Å². The zero-order chi connectivity index (χ0) is 41.1. The Morgan fingerprint density at radius 1 is 0.667 bits per heavy atom. The minimum atomic E-state index is -4.74. The van der Waals surface area contributed by atoms with E-state index < -0.39 is 54.3 Å². The molecule has 0 amide bonds. The molecule has 54 heavy (non-hydrogen) atoms. The summed E-state index contributed by atoms with van der Waals surface area (Å²) in [5.41, 5.74) is -1.70. The number of carbonyl (C=O) groups is 2. The van der Waals surface area contributed by atoms with Gasteiger partial charge in [0.05, 0.1) is 10.6 Å². The number of ketones is 2. The number of carbonyl (C=O) groups excluding carboxylic acids is 2. The molecule has 2 unspecified atom stereocenters. The van der Waals surface area contributed by atoms with Crippen molar-refractivity contribution >= 4 is 79.8 Å². The van der Waals surface area contributed by atoms with Crippen molar-refractivity contribution in [2.24, 2.45) is 0 Å². The zero-order valence-corrected chi connectivity index (χ0v) is 35.0. The van der Waals surface area contributed by atoms with Crippen LogP contribution < -0.4 is 5.19 Å². The number of halogens is 8. The second-order valence-corrected chi connectivity index (χ2v) is 21.3. The summed E-state index contributed by atoms with van der Waals surface area (Å²) in [6.45, 7) is 9.96. The number of alkyl halides is 6. The highest BCUT2D eigenvalue weighted by Gasteiger charge is 2.49. The van der Waals surface area contributed by atoms with E-state index in [2.05, 4.69) is 35.7 Å². The summed E-state index contributed by atoms with van der Waals surface area (Å²) in [6, 6.07) is 29.8. The van der Waals surface area contributed by atoms with Crippen LogP contribution in [0.4, 0.5) is 26.3 Å². The van der Waals surface area contributed by atoms with Crippen molar-refractivity contribution in [3.05, 3.63) is 152 Å². The van der Waals surface area contributed by atoms with E-state index in [1.165, 1.54) is 37.4 Å². The van der Waals surface area contributed by atoms with Crippen LogP contribution in [0.1, 0.15) is 27.1 Å². The first-order valence-electron chi connectivity index (χ1n) is 15.7. The van der Waals surface area contributed by atoms with Crippen LogP contribution in [0.3, 0.4) is 0 Å². The molecule has 0 saturated carbocycles. The highest BCUT2D eigenvalue weighted by Crippen LogP contribution is 2.28. The SMILES string of the molecule is C=C(CC(O)C(F)(F)F)C(=O)c1ccc(I)cc1.C=C(CS(=O)(=O)c1ccccc1)C(=O)c1ccc(I)cc1.C[Si](C)(c1ccccc1)C(O)C(F)(F)F. The molecular weight excluding hydrogens is 980 g/mol. The third kappa shape index (κ3) is 14.5. The monoisotopic (exact) mass is 1020 g/mol. The van der Waals surface area contributed by atoms with Crippen molar-refractivity contribution in [3.63, 3.8) is 0 Å². The Morgan fingerprint density at radius 3 is 1.44 bits per heavy atom. The smallest absolute Gasteiger partial charge is 0.387 e. The average molecular weight is 1020 g/mol. The van der Waals surface area contributed by atoms with E-state index in [1.54, 1.807) is 84.9 Å². The first-order valence-corrected chi connectivity index (χ1v) is 22.6. The van der Waals surface area contributed by atoms with Crippen molar-refractivity contribution < 1.29 is 54.6 Å². The maximum absolute atomic E-state index is 12.4. The van der Waals surface area contributed by atoms with Crippen molar-refractivity contribution in [2.45, 2.75) is 48.6 Å². The lowest BCUT2D eigenvalue weighted by molar-refractivity contribution is -0.202. The Balaban J connectivity index is 0.000000284. The Kier molecular flexibility index (Phi) is 17.5. The fourth-order valence-corrected chi connectivity index (χ4v) is 8.73. The van der Waals surface area contributed by atoms with Gasteiger partial charge in [-0.05, 0) is 87.2 Å². The van der Waals surface area contributed by atoms with Gasteiger partial charge in [-0.15, -0.1) is 0 Å². The second-order valence-electron chi connectivity index (χ2n) is 12.2. The molecule has 4 rings (SSSR count). The van der Waals surface area contributed by atoms with E-state index in [-0.39, 0.29) is 33.1 Å². The van der Waals surface area contributed by atoms with Crippen LogP contribution >= 0.6 is 45.2 Å². The molecule has 0 heterocycles. The quantitative estimate of drug-likeness (QED) is 0.0511. The molecule has 6 nitrogen and oxygen atoms in total. The van der Waals surface area contributed by atoms with Crippen LogP contribution in [0.25, 0.3) is 0 Å². The molecule has 0 radical (unpaired) electrons. The first kappa shape index (κ1) is 47.0. The minimum Gasteiger partial charge on any atom is -0.387 e. The molecule has 0 aliphatic carbocycles. The molecule has 290 valence electrons. The van der Waals surface area contributed by atoms with Crippen molar-refractivity contribution in [1.29, 1.82) is 0 Å². The molecule has 4 aromatic carbocycles. The summed E-state index contributed by atoms with van der Waals surface area (Å²) in [5, 5.41) is 18.8. The summed E-state index contributed by atoms with van der Waals surface area (Å²) in [5.74, 6) is -1.30. The topological polar surface area (TPSA) is 109 Å². The summed E-state index contributed by atoms with van der Waals surface area (Å²) in [7, 11) is -6.43. The van der Waals surface area contributed by atoms with Gasteiger partial charge in [0.2, 0.25) is 0 Å². The van der Waals surface area contributed by atoms with E-state index in [0.717, 1.165) is 7.14 Å². The molecule has 4 aromatic rings. The van der Waals surface area contributed by atoms with Gasteiger partial charge in [0, 0.05) is 30.3 Å². The molecule has 0 saturated heterocycles. The van der Waals surface area contributed by atoms with Crippen LogP contribution in [-0.2, 0) is 9.84 Å². The average Bonchev–Trinajstić information content (AvgIpc) is 3.11. The first-order chi connectivity index (χ1) is 24.9. The predicted molar refractivity (Wildman–Crippen MR) is 216 cm³/mol. The molecule has 0 aromatic heterocycles. The number of sulfone groups is 1. The van der Waals surface area contributed by atoms with Gasteiger partial charge in [0.1, 0.15) is 13.8 Å². The number of aliphatic hydroxyl groups excluding tert-OH is 2. The lowest BCUT2D eigenvalue weighted by atomic mass is 10.00. The van der Waals surface area contributed by atoms with Gasteiger partial charge >= 0.3 is 12.4 Å². The van der Waals surface area contributed by atoms with E-state index in [0.29, 0.717) is 10.8 Å². The van der Waals surface area contributed by atoms with Crippen LogP contribution in [0.5, 0.6) is 0 Å². The third-order valence-corrected chi connectivity index (χ3v) is 14.3. The number of Topliss-reactive ketones (excluding diaryl/α,β-unsaturated/α-hetero) is 2. The van der Waals surface area contributed by atoms with E-state index in [1.807, 2.05) is 22.6 Å². The Morgan fingerprint density at radius 2 is 1.06 bits per heavy atom. The lowest BCUT2D eigenvalue weighted by Crippen LogP contribution is -2.58. The van der Waals surface area contributed by atoms with Gasteiger partial charge in [-0.25, -0.2) is 8.42 Å². The Labute approximate surface area is 338 Å². The van der Waals surface area contributed by atoms with Gasteiger partial charge in [-0.1, -0.05) is 104 Å². The number of rotatable bonds is 11. The van der Waals surface area contributed by atoms with Crippen LogP contribution in [-0.4, -0.2) is 68.2 Å². The lowest BCUT2D eigenvalue weighted by Gasteiger charge is -2.30. The number of hydrogen-bond acceptors (Lipinski definition) is 6. The molecule has 0 aliphatic heterocycles. The fraction of sp³-hybridized carbons (Fsp3) is 0.211. The number of benzene rings is 4. The maximum Gasteiger partial charge on any atom is 0.414 e. The van der Waals surface area contributed by atoms with Crippen LogP contribution in [0.15, 0.2) is 138 Å². The molecule has 2 atom stereocenters. The number of hydrogen-bond donors (Lipinski definition) is 2. The Bertz CT molecular complexity index is 1990. The van der Waals surface area contributed by atoms with Gasteiger partial charge < -0.3 is 10.2 Å². The minimum absolute atomic E-state index is 0.0695. The molecule has 2 N–H and O–H groups in total. The molecule has 0 fully saturated rings. The molecule has 0 bridgehead atoms. The highest BCUT2D eigenvalue weighted by molar-refractivity contribution is 14.1. The standard InChI is InChI=1S/C16H13IO3S.C12H10F3IO2.C10H13F3OSi/c1-12(16(18)13-7-9-14(17)10-8-13)11-21(19,20)15-5-3-2-4-6-15;1-7(6-10(17)12(13,14)15)11(18)8-2-4-9(16)5-3-8;1-15(2,9(14)10(11,12)13)8-6-4-3-5-7-8/h2-10H,1,11H2;2-5,10,17H,1,6H2;3-7,9,14H,1-2H3. The largest absolute Gasteiger partial charge is 0.414 e. The Hall–Kier alpha value is -3.17. The molecule has 0 aliphatic rings. The van der Waals surface area contributed by atoms with Gasteiger partial charge in [-0.2, -0.15) is 26.3 Å². The van der Waals surface area contributed by atoms with Crippen LogP contribution in [0.2, 0.25) is 13.1 Å². The normalized spacial score (nSPS) is 12.9. The van der Waals surface area contributed by atoms with Gasteiger partial charge in [-0.3, -0.25) is 9.59 Å². The molecular formula is C38H36F6I2O6SSi. The summed E-state index contributed by atoms with van der Waals surface area (Å²) >= 11 is 4.18. The summed E-state index contributed by atoms with van der Waals surface area (Å²) in [4.78, 5) is 24.1. The third-order valence-electron chi connectivity index (χ3n) is 7.65. The molecule has 0 spiro atoms. The highest BCUT2D eigenvalue weighted by atomic mass is 127. The fourth-order valence-electron chi connectivity index (χ4n) is 4.49. The zero-order valence-electron chi connectivity index (χ0n) is 28.8. The van der Waals surface area contributed by atoms with Crippen LogP contribution in [0, 0.1) is 7.14 Å². The van der Waals surface area contributed by atoms with Crippen molar-refractivity contribution in [1.82, 2.24) is 0 Å². The van der Waals surface area contributed by atoms with Gasteiger partial charge in [0.25, 0.3) is 0 Å². The van der Waals surface area contributed by atoms with E-state index in [4.69, 9.17) is 5.11 Å². The van der Waals surface area contributed by atoms with E-state index >= 15 is 0 Å². The van der Waals surface area contributed by atoms with Crippen molar-refractivity contribution in [3.8, 4) is 0 Å². The van der Waals surface area contributed by atoms with Gasteiger partial charge in [0.15, 0.2) is 27.5 Å². The maximum atomic E-state index is 12.4. The molecule has 16 heteroatoms. The number of aliphatic hydroxyl groups is 2. The van der Waals surface area contributed by atoms with Crippen molar-refractivity contribution in [2.75, 3.05) is 5.75 Å². The predicted octanol–water partition coefficient (Wildman–Crippen LogP) is 8.91. The summed E-state index contributed by atoms with van der Waals surface area (Å²) < 4.78 is 100.0. The second kappa shape index (κ2) is 20.1.